The van der Waals surface area contributed by atoms with E-state index in [0.29, 0.717) is 28.1 Å². The van der Waals surface area contributed by atoms with E-state index in [4.69, 9.17) is 10.5 Å². The van der Waals surface area contributed by atoms with E-state index in [1.807, 2.05) is 0 Å². The third-order valence-electron chi connectivity index (χ3n) is 5.50. The number of nitrogens with one attached hydrogen (secondary N) is 1. The lowest BCUT2D eigenvalue weighted by Gasteiger charge is -2.30. The van der Waals surface area contributed by atoms with Gasteiger partial charge in [-0.2, -0.15) is 0 Å². The molecular weight excluding hydrogens is 361 g/mol. The van der Waals surface area contributed by atoms with E-state index in [1.54, 1.807) is 18.2 Å². The molecule has 0 radical (unpaired) electrons. The van der Waals surface area contributed by atoms with E-state index < -0.39 is 17.6 Å². The zero-order chi connectivity index (χ0) is 19.8. The van der Waals surface area contributed by atoms with Crippen molar-refractivity contribution in [2.45, 2.75) is 25.2 Å². The molecular formula is C21H22FN3O3. The van der Waals surface area contributed by atoms with Crippen LogP contribution in [0.2, 0.25) is 0 Å². The zero-order valence-corrected chi connectivity index (χ0v) is 15.6. The van der Waals surface area contributed by atoms with E-state index in [1.165, 1.54) is 19.2 Å². The number of anilines is 2. The Hall–Kier alpha value is -3.09. The SMILES string of the molecule is COc1ccc(F)c([C@@H]2CC(=O)Nc3cc(N4CCCC4)c(C(N)=O)cc32)c1. The molecule has 7 heteroatoms. The van der Waals surface area contributed by atoms with Crippen molar-refractivity contribution >= 4 is 23.2 Å². The van der Waals surface area contributed by atoms with Gasteiger partial charge < -0.3 is 20.7 Å². The summed E-state index contributed by atoms with van der Waals surface area (Å²) in [5.74, 6) is -1.17. The Morgan fingerprint density at radius 2 is 1.96 bits per heavy atom. The third-order valence-corrected chi connectivity index (χ3v) is 5.50. The summed E-state index contributed by atoms with van der Waals surface area (Å²) >= 11 is 0. The molecule has 0 aliphatic carbocycles. The molecule has 2 aliphatic heterocycles. The molecule has 2 aliphatic rings. The molecule has 0 aromatic heterocycles. The van der Waals surface area contributed by atoms with Crippen molar-refractivity contribution in [1.82, 2.24) is 0 Å². The molecule has 0 saturated carbocycles. The fraction of sp³-hybridized carbons (Fsp3) is 0.333. The molecule has 6 nitrogen and oxygen atoms in total. The van der Waals surface area contributed by atoms with Crippen LogP contribution in [-0.2, 0) is 4.79 Å². The molecule has 1 atom stereocenters. The summed E-state index contributed by atoms with van der Waals surface area (Å²) in [5.41, 5.74) is 8.40. The number of ether oxygens (including phenoxy) is 1. The van der Waals surface area contributed by atoms with Crippen molar-refractivity contribution in [3.63, 3.8) is 0 Å². The summed E-state index contributed by atoms with van der Waals surface area (Å²) in [6.45, 7) is 1.67. The van der Waals surface area contributed by atoms with Crippen LogP contribution in [-0.4, -0.2) is 32.0 Å². The van der Waals surface area contributed by atoms with Crippen molar-refractivity contribution in [1.29, 1.82) is 0 Å². The monoisotopic (exact) mass is 383 g/mol. The molecule has 0 unspecified atom stereocenters. The van der Waals surface area contributed by atoms with Crippen LogP contribution in [0.1, 0.15) is 46.7 Å². The number of fused-ring (bicyclic) bond motifs is 1. The summed E-state index contributed by atoms with van der Waals surface area (Å²) in [7, 11) is 1.51. The maximum atomic E-state index is 14.6. The molecule has 4 rings (SSSR count). The number of amides is 2. The van der Waals surface area contributed by atoms with Gasteiger partial charge in [0.2, 0.25) is 5.91 Å². The highest BCUT2D eigenvalue weighted by Gasteiger charge is 2.31. The van der Waals surface area contributed by atoms with Gasteiger partial charge in [-0.1, -0.05) is 0 Å². The van der Waals surface area contributed by atoms with Crippen LogP contribution in [0.3, 0.4) is 0 Å². The minimum atomic E-state index is -0.536. The second-order valence-electron chi connectivity index (χ2n) is 7.21. The fourth-order valence-electron chi connectivity index (χ4n) is 4.11. The van der Waals surface area contributed by atoms with Gasteiger partial charge in [0.05, 0.1) is 18.4 Å². The third kappa shape index (κ3) is 3.17. The van der Waals surface area contributed by atoms with Crippen LogP contribution >= 0.6 is 0 Å². The van der Waals surface area contributed by atoms with Crippen molar-refractivity contribution in [3.05, 3.63) is 52.8 Å². The van der Waals surface area contributed by atoms with Gasteiger partial charge >= 0.3 is 0 Å². The Labute approximate surface area is 162 Å². The first-order valence-corrected chi connectivity index (χ1v) is 9.34. The number of hydrogen-bond donors (Lipinski definition) is 2. The number of nitrogens with zero attached hydrogens (tertiary/aromatic N) is 1. The van der Waals surface area contributed by atoms with Gasteiger partial charge in [-0.05, 0) is 54.3 Å². The van der Waals surface area contributed by atoms with Gasteiger partial charge in [-0.25, -0.2) is 4.39 Å². The number of halogens is 1. The Balaban J connectivity index is 1.87. The minimum absolute atomic E-state index is 0.0817. The lowest BCUT2D eigenvalue weighted by Crippen LogP contribution is -2.28. The number of carbonyl (C=O) groups excluding carboxylic acids is 2. The van der Waals surface area contributed by atoms with E-state index >= 15 is 0 Å². The Kier molecular flexibility index (Phi) is 4.66. The predicted octanol–water partition coefficient (Wildman–Crippen LogP) is 3.01. The second-order valence-corrected chi connectivity index (χ2v) is 7.21. The number of methoxy groups -OCH3 is 1. The van der Waals surface area contributed by atoms with Crippen LogP contribution in [0.25, 0.3) is 0 Å². The van der Waals surface area contributed by atoms with Crippen LogP contribution in [0.15, 0.2) is 30.3 Å². The summed E-state index contributed by atoms with van der Waals surface area (Å²) in [4.78, 5) is 26.6. The molecule has 146 valence electrons. The highest BCUT2D eigenvalue weighted by Crippen LogP contribution is 2.42. The average Bonchev–Trinajstić information content (AvgIpc) is 3.21. The van der Waals surface area contributed by atoms with E-state index in [9.17, 15) is 14.0 Å². The molecule has 2 heterocycles. The molecule has 1 fully saturated rings. The number of nitrogens with two attached hydrogens (primary N) is 1. The highest BCUT2D eigenvalue weighted by molar-refractivity contribution is 6.03. The number of benzene rings is 2. The zero-order valence-electron chi connectivity index (χ0n) is 15.6. The quantitative estimate of drug-likeness (QED) is 0.850. The largest absolute Gasteiger partial charge is 0.497 e. The molecule has 1 saturated heterocycles. The van der Waals surface area contributed by atoms with Crippen LogP contribution in [0, 0.1) is 5.82 Å². The number of rotatable bonds is 4. The van der Waals surface area contributed by atoms with Crippen LogP contribution < -0.4 is 20.7 Å². The van der Waals surface area contributed by atoms with Crippen molar-refractivity contribution in [2.24, 2.45) is 5.73 Å². The number of carbonyl (C=O) groups is 2. The Morgan fingerprint density at radius 1 is 1.21 bits per heavy atom. The molecule has 0 bridgehead atoms. The van der Waals surface area contributed by atoms with Crippen molar-refractivity contribution < 1.29 is 18.7 Å². The summed E-state index contributed by atoms with van der Waals surface area (Å²) in [6, 6.07) is 7.96. The molecule has 2 amide bonds. The minimum Gasteiger partial charge on any atom is -0.497 e. The van der Waals surface area contributed by atoms with Gasteiger partial charge in [0.25, 0.3) is 5.91 Å². The van der Waals surface area contributed by atoms with Gasteiger partial charge in [0.15, 0.2) is 0 Å². The average molecular weight is 383 g/mol. The summed E-state index contributed by atoms with van der Waals surface area (Å²) in [5, 5.41) is 2.87. The van der Waals surface area contributed by atoms with Crippen molar-refractivity contribution in [3.8, 4) is 5.75 Å². The standard InChI is InChI=1S/C21H22FN3O3/c1-28-12-4-5-17(22)14(8-12)13-10-20(26)24-18-11-19(25-6-2-3-7-25)16(21(23)27)9-15(13)18/h4-5,8-9,11,13H,2-3,6-7,10H2,1H3,(H2,23,27)(H,24,26)/t13-/m0/s1. The smallest absolute Gasteiger partial charge is 0.250 e. The second kappa shape index (κ2) is 7.14. The number of primary amides is 1. The lowest BCUT2D eigenvalue weighted by atomic mass is 9.83. The number of hydrogen-bond acceptors (Lipinski definition) is 4. The van der Waals surface area contributed by atoms with E-state index in [-0.39, 0.29) is 12.3 Å². The highest BCUT2D eigenvalue weighted by atomic mass is 19.1. The van der Waals surface area contributed by atoms with E-state index in [2.05, 4.69) is 10.2 Å². The molecule has 0 spiro atoms. The maximum absolute atomic E-state index is 14.6. The molecule has 2 aromatic carbocycles. The van der Waals surface area contributed by atoms with Gasteiger partial charge in [-0.3, -0.25) is 9.59 Å². The lowest BCUT2D eigenvalue weighted by molar-refractivity contribution is -0.116. The molecule has 2 aromatic rings. The van der Waals surface area contributed by atoms with Gasteiger partial charge in [-0.15, -0.1) is 0 Å². The van der Waals surface area contributed by atoms with Crippen LogP contribution in [0.5, 0.6) is 5.75 Å². The van der Waals surface area contributed by atoms with E-state index in [0.717, 1.165) is 31.6 Å². The predicted molar refractivity (Wildman–Crippen MR) is 104 cm³/mol. The summed E-state index contributed by atoms with van der Waals surface area (Å²) < 4.78 is 19.8. The summed E-state index contributed by atoms with van der Waals surface area (Å²) in [6.07, 6.45) is 2.16. The normalized spacial score (nSPS) is 18.6. The van der Waals surface area contributed by atoms with Gasteiger partial charge in [0, 0.05) is 31.1 Å². The Morgan fingerprint density at radius 3 is 2.64 bits per heavy atom. The van der Waals surface area contributed by atoms with Crippen molar-refractivity contribution in [2.75, 3.05) is 30.4 Å². The molecule has 3 N–H and O–H groups in total. The van der Waals surface area contributed by atoms with Crippen LogP contribution in [0.4, 0.5) is 15.8 Å². The fourth-order valence-corrected chi connectivity index (χ4v) is 4.11. The first-order valence-electron chi connectivity index (χ1n) is 9.34. The first kappa shape index (κ1) is 18.3. The topological polar surface area (TPSA) is 84.7 Å². The van der Waals surface area contributed by atoms with Gasteiger partial charge in [0.1, 0.15) is 11.6 Å². The first-order chi connectivity index (χ1) is 13.5. The maximum Gasteiger partial charge on any atom is 0.250 e. The Bertz CT molecular complexity index is 954. The molecule has 28 heavy (non-hydrogen) atoms.